The minimum Gasteiger partial charge on any atom is -0.316 e. The highest BCUT2D eigenvalue weighted by Crippen LogP contribution is 2.14. The minimum absolute atomic E-state index is 0.302. The highest BCUT2D eigenvalue weighted by atomic mass is 16.1. The third-order valence-corrected chi connectivity index (χ3v) is 3.15. The Labute approximate surface area is 93.2 Å². The molecule has 1 aliphatic heterocycles. The van der Waals surface area contributed by atoms with Crippen molar-refractivity contribution in [3.8, 4) is 0 Å². The zero-order chi connectivity index (χ0) is 11.1. The van der Waals surface area contributed by atoms with Crippen LogP contribution < -0.4 is 5.32 Å². The lowest BCUT2D eigenvalue weighted by Gasteiger charge is -2.29. The first-order chi connectivity index (χ1) is 7.18. The molecule has 0 unspecified atom stereocenters. The zero-order valence-electron chi connectivity index (χ0n) is 10.1. The molecule has 1 saturated heterocycles. The molecule has 88 valence electrons. The maximum Gasteiger partial charge on any atom is 0.129 e. The van der Waals surface area contributed by atoms with Crippen molar-refractivity contribution in [2.75, 3.05) is 33.2 Å². The topological polar surface area (TPSA) is 32.3 Å². The second kappa shape index (κ2) is 6.96. The van der Waals surface area contributed by atoms with E-state index in [1.54, 1.807) is 6.92 Å². The lowest BCUT2D eigenvalue weighted by molar-refractivity contribution is -0.117. The molecule has 0 aromatic rings. The molecule has 1 heterocycles. The van der Waals surface area contributed by atoms with Crippen LogP contribution in [0.1, 0.15) is 32.6 Å². The van der Waals surface area contributed by atoms with Crippen molar-refractivity contribution in [2.45, 2.75) is 32.6 Å². The van der Waals surface area contributed by atoms with Crippen molar-refractivity contribution in [3.63, 3.8) is 0 Å². The number of piperidine rings is 1. The fourth-order valence-corrected chi connectivity index (χ4v) is 2.03. The summed E-state index contributed by atoms with van der Waals surface area (Å²) in [6.45, 7) is 6.26. The molecule has 1 fully saturated rings. The number of carbonyl (C=O) groups excluding carboxylic acids is 1. The van der Waals surface area contributed by atoms with E-state index in [9.17, 15) is 4.79 Å². The monoisotopic (exact) mass is 212 g/mol. The lowest BCUT2D eigenvalue weighted by atomic mass is 9.97. The first-order valence-electron chi connectivity index (χ1n) is 6.07. The second-order valence-corrected chi connectivity index (χ2v) is 4.76. The number of nitrogens with one attached hydrogen (secondary N) is 1. The molecule has 0 amide bonds. The van der Waals surface area contributed by atoms with Crippen molar-refractivity contribution in [1.29, 1.82) is 0 Å². The lowest BCUT2D eigenvalue weighted by Crippen LogP contribution is -2.35. The van der Waals surface area contributed by atoms with Gasteiger partial charge in [-0.1, -0.05) is 0 Å². The molecule has 1 aliphatic rings. The van der Waals surface area contributed by atoms with Crippen LogP contribution >= 0.6 is 0 Å². The Morgan fingerprint density at radius 1 is 1.40 bits per heavy atom. The van der Waals surface area contributed by atoms with Gasteiger partial charge in [-0.15, -0.1) is 0 Å². The van der Waals surface area contributed by atoms with Crippen molar-refractivity contribution in [3.05, 3.63) is 0 Å². The average Bonchev–Trinajstić information content (AvgIpc) is 2.20. The number of rotatable bonds is 6. The highest BCUT2D eigenvalue weighted by molar-refractivity contribution is 5.75. The fraction of sp³-hybridized carbons (Fsp3) is 0.917. The molecule has 0 atom stereocenters. The van der Waals surface area contributed by atoms with Gasteiger partial charge in [-0.2, -0.15) is 0 Å². The van der Waals surface area contributed by atoms with Crippen LogP contribution in [-0.4, -0.2) is 43.9 Å². The number of hydrogen-bond acceptors (Lipinski definition) is 3. The molecular formula is C12H24N2O. The summed E-state index contributed by atoms with van der Waals surface area (Å²) >= 11 is 0. The third kappa shape index (κ3) is 5.90. The zero-order valence-corrected chi connectivity index (χ0v) is 10.1. The van der Waals surface area contributed by atoms with E-state index in [2.05, 4.69) is 17.3 Å². The number of hydrogen-bond donors (Lipinski definition) is 1. The van der Waals surface area contributed by atoms with Crippen LogP contribution in [0.15, 0.2) is 0 Å². The quantitative estimate of drug-likeness (QED) is 0.673. The molecule has 0 aromatic heterocycles. The number of nitrogens with zero attached hydrogens (tertiary/aromatic N) is 1. The van der Waals surface area contributed by atoms with Crippen LogP contribution in [0.2, 0.25) is 0 Å². The van der Waals surface area contributed by atoms with Gasteiger partial charge in [0, 0.05) is 6.42 Å². The largest absolute Gasteiger partial charge is 0.316 e. The molecular weight excluding hydrogens is 188 g/mol. The Bertz CT molecular complexity index is 186. The molecule has 0 spiro atoms. The van der Waals surface area contributed by atoms with Gasteiger partial charge in [0.25, 0.3) is 0 Å². The standard InChI is InChI=1S/C12H24N2O/c1-11(15)4-3-7-13-10-12-5-8-14(2)9-6-12/h12-13H,3-10H2,1-2H3. The maximum absolute atomic E-state index is 10.7. The number of ketones is 1. The van der Waals surface area contributed by atoms with Gasteiger partial charge in [0.2, 0.25) is 0 Å². The third-order valence-electron chi connectivity index (χ3n) is 3.15. The Hall–Kier alpha value is -0.410. The van der Waals surface area contributed by atoms with E-state index in [1.807, 2.05) is 0 Å². The molecule has 0 bridgehead atoms. The molecule has 0 radical (unpaired) electrons. The summed E-state index contributed by atoms with van der Waals surface area (Å²) in [4.78, 5) is 13.1. The predicted molar refractivity (Wildman–Crippen MR) is 63.0 cm³/mol. The van der Waals surface area contributed by atoms with Gasteiger partial charge in [-0.25, -0.2) is 0 Å². The van der Waals surface area contributed by atoms with E-state index in [0.29, 0.717) is 5.78 Å². The Balaban J connectivity index is 1.94. The minimum atomic E-state index is 0.302. The molecule has 3 heteroatoms. The molecule has 1 N–H and O–H groups in total. The normalized spacial score (nSPS) is 19.3. The summed E-state index contributed by atoms with van der Waals surface area (Å²) in [5.41, 5.74) is 0. The van der Waals surface area contributed by atoms with E-state index < -0.39 is 0 Å². The average molecular weight is 212 g/mol. The SMILES string of the molecule is CC(=O)CCCNCC1CCN(C)CC1. The summed E-state index contributed by atoms with van der Waals surface area (Å²) in [5, 5.41) is 3.45. The van der Waals surface area contributed by atoms with Crippen LogP contribution in [0, 0.1) is 5.92 Å². The van der Waals surface area contributed by atoms with Crippen LogP contribution in [0.3, 0.4) is 0 Å². The van der Waals surface area contributed by atoms with Crippen LogP contribution in [0.4, 0.5) is 0 Å². The summed E-state index contributed by atoms with van der Waals surface area (Å²) in [6.07, 6.45) is 4.34. The van der Waals surface area contributed by atoms with Gasteiger partial charge < -0.3 is 15.0 Å². The molecule has 0 aliphatic carbocycles. The summed E-state index contributed by atoms with van der Waals surface area (Å²) < 4.78 is 0. The predicted octanol–water partition coefficient (Wildman–Crippen LogP) is 1.29. The first kappa shape index (κ1) is 12.7. The van der Waals surface area contributed by atoms with Crippen molar-refractivity contribution >= 4 is 5.78 Å². The van der Waals surface area contributed by atoms with Crippen LogP contribution in [0.25, 0.3) is 0 Å². The van der Waals surface area contributed by atoms with E-state index in [4.69, 9.17) is 0 Å². The Kier molecular flexibility index (Phi) is 5.88. The molecule has 15 heavy (non-hydrogen) atoms. The molecule has 3 nitrogen and oxygen atoms in total. The Morgan fingerprint density at radius 2 is 2.07 bits per heavy atom. The molecule has 0 saturated carbocycles. The first-order valence-corrected chi connectivity index (χ1v) is 6.07. The van der Waals surface area contributed by atoms with Crippen LogP contribution in [-0.2, 0) is 4.79 Å². The van der Waals surface area contributed by atoms with Gasteiger partial charge >= 0.3 is 0 Å². The van der Waals surface area contributed by atoms with Gasteiger partial charge in [-0.05, 0) is 65.3 Å². The van der Waals surface area contributed by atoms with E-state index in [-0.39, 0.29) is 0 Å². The van der Waals surface area contributed by atoms with E-state index in [1.165, 1.54) is 25.9 Å². The number of Topliss-reactive ketones (excluding diaryl/α,β-unsaturated/α-hetero) is 1. The second-order valence-electron chi connectivity index (χ2n) is 4.76. The summed E-state index contributed by atoms with van der Waals surface area (Å²) in [7, 11) is 2.19. The highest BCUT2D eigenvalue weighted by Gasteiger charge is 2.15. The van der Waals surface area contributed by atoms with Gasteiger partial charge in [0.1, 0.15) is 5.78 Å². The Morgan fingerprint density at radius 3 is 2.67 bits per heavy atom. The van der Waals surface area contributed by atoms with Crippen molar-refractivity contribution in [1.82, 2.24) is 10.2 Å². The number of likely N-dealkylation sites (tertiary alicyclic amines) is 1. The fourth-order valence-electron chi connectivity index (χ4n) is 2.03. The van der Waals surface area contributed by atoms with E-state index >= 15 is 0 Å². The van der Waals surface area contributed by atoms with Crippen LogP contribution in [0.5, 0.6) is 0 Å². The van der Waals surface area contributed by atoms with Crippen molar-refractivity contribution in [2.24, 2.45) is 5.92 Å². The van der Waals surface area contributed by atoms with Gasteiger partial charge in [0.15, 0.2) is 0 Å². The smallest absolute Gasteiger partial charge is 0.129 e. The maximum atomic E-state index is 10.7. The van der Waals surface area contributed by atoms with Gasteiger partial charge in [-0.3, -0.25) is 0 Å². The van der Waals surface area contributed by atoms with Crippen molar-refractivity contribution < 1.29 is 4.79 Å². The summed E-state index contributed by atoms with van der Waals surface area (Å²) in [6, 6.07) is 0. The summed E-state index contributed by atoms with van der Waals surface area (Å²) in [5.74, 6) is 1.15. The number of carbonyl (C=O) groups is 1. The molecule has 0 aromatic carbocycles. The molecule has 1 rings (SSSR count). The van der Waals surface area contributed by atoms with E-state index in [0.717, 1.165) is 31.8 Å². The van der Waals surface area contributed by atoms with Gasteiger partial charge in [0.05, 0.1) is 0 Å².